The van der Waals surface area contributed by atoms with Crippen molar-refractivity contribution in [3.63, 3.8) is 0 Å². The monoisotopic (exact) mass is 172 g/mol. The van der Waals surface area contributed by atoms with Crippen LogP contribution in [0.1, 0.15) is 25.7 Å². The first-order valence-electron chi connectivity index (χ1n) is 4.96. The van der Waals surface area contributed by atoms with E-state index in [1.165, 1.54) is 19.3 Å². The Hall–Kier alpha value is -0.120. The molecule has 3 N–H and O–H groups in total. The normalized spacial score (nSPS) is 24.2. The summed E-state index contributed by atoms with van der Waals surface area (Å²) in [7, 11) is 0. The van der Waals surface area contributed by atoms with Gasteiger partial charge in [0.1, 0.15) is 0 Å². The molecule has 0 spiro atoms. The van der Waals surface area contributed by atoms with Gasteiger partial charge in [0, 0.05) is 13.2 Å². The second-order valence-corrected chi connectivity index (χ2v) is 3.33. The molecule has 1 saturated heterocycles. The van der Waals surface area contributed by atoms with Crippen molar-refractivity contribution in [2.24, 2.45) is 5.73 Å². The summed E-state index contributed by atoms with van der Waals surface area (Å²) in [6.45, 7) is 3.75. The lowest BCUT2D eigenvalue weighted by Gasteiger charge is -2.22. The first-order chi connectivity index (χ1) is 5.93. The van der Waals surface area contributed by atoms with Crippen LogP contribution >= 0.6 is 0 Å². The fourth-order valence-electron chi connectivity index (χ4n) is 1.46. The van der Waals surface area contributed by atoms with Gasteiger partial charge in [0.2, 0.25) is 0 Å². The maximum atomic E-state index is 5.56. The molecule has 72 valence electrons. The average molecular weight is 172 g/mol. The summed E-state index contributed by atoms with van der Waals surface area (Å²) < 4.78 is 5.56. The van der Waals surface area contributed by atoms with Gasteiger partial charge < -0.3 is 15.8 Å². The van der Waals surface area contributed by atoms with Crippen LogP contribution in [0.5, 0.6) is 0 Å². The Balaban J connectivity index is 1.91. The van der Waals surface area contributed by atoms with E-state index in [1.54, 1.807) is 0 Å². The molecule has 1 aliphatic rings. The zero-order valence-corrected chi connectivity index (χ0v) is 7.72. The lowest BCUT2D eigenvalue weighted by molar-refractivity contribution is 0.0170. The highest BCUT2D eigenvalue weighted by molar-refractivity contribution is 4.66. The molecule has 1 atom stereocenters. The quantitative estimate of drug-likeness (QED) is 0.593. The van der Waals surface area contributed by atoms with Crippen molar-refractivity contribution in [1.82, 2.24) is 5.32 Å². The maximum absolute atomic E-state index is 5.56. The SMILES string of the molecule is NCCCNCC1CCCCO1. The van der Waals surface area contributed by atoms with Gasteiger partial charge in [0.15, 0.2) is 0 Å². The highest BCUT2D eigenvalue weighted by Gasteiger charge is 2.12. The van der Waals surface area contributed by atoms with E-state index in [9.17, 15) is 0 Å². The minimum absolute atomic E-state index is 0.455. The van der Waals surface area contributed by atoms with E-state index in [4.69, 9.17) is 10.5 Å². The molecule has 1 heterocycles. The molecule has 3 heteroatoms. The first kappa shape index (κ1) is 9.96. The van der Waals surface area contributed by atoms with Gasteiger partial charge in [-0.3, -0.25) is 0 Å². The molecule has 0 saturated carbocycles. The van der Waals surface area contributed by atoms with Crippen molar-refractivity contribution in [1.29, 1.82) is 0 Å². The molecule has 1 aliphatic heterocycles. The Morgan fingerprint density at radius 3 is 3.00 bits per heavy atom. The lowest BCUT2D eigenvalue weighted by atomic mass is 10.1. The van der Waals surface area contributed by atoms with Crippen LogP contribution in [-0.2, 0) is 4.74 Å². The lowest BCUT2D eigenvalue weighted by Crippen LogP contribution is -2.32. The third-order valence-electron chi connectivity index (χ3n) is 2.20. The molecular formula is C9H20N2O. The van der Waals surface area contributed by atoms with E-state index in [0.717, 1.165) is 32.7 Å². The van der Waals surface area contributed by atoms with Gasteiger partial charge in [0.25, 0.3) is 0 Å². The van der Waals surface area contributed by atoms with Crippen molar-refractivity contribution >= 4 is 0 Å². The van der Waals surface area contributed by atoms with Crippen molar-refractivity contribution < 1.29 is 4.74 Å². The second-order valence-electron chi connectivity index (χ2n) is 3.33. The van der Waals surface area contributed by atoms with Crippen LogP contribution in [0.3, 0.4) is 0 Å². The van der Waals surface area contributed by atoms with Gasteiger partial charge >= 0.3 is 0 Å². The molecule has 3 nitrogen and oxygen atoms in total. The predicted octanol–water partition coefficient (Wildman–Crippen LogP) is 0.494. The van der Waals surface area contributed by atoms with Crippen LogP contribution in [0, 0.1) is 0 Å². The minimum Gasteiger partial charge on any atom is -0.377 e. The van der Waals surface area contributed by atoms with Gasteiger partial charge in [-0.05, 0) is 38.8 Å². The van der Waals surface area contributed by atoms with E-state index in [2.05, 4.69) is 5.32 Å². The average Bonchev–Trinajstić information content (AvgIpc) is 2.14. The van der Waals surface area contributed by atoms with Crippen molar-refractivity contribution in [2.75, 3.05) is 26.2 Å². The van der Waals surface area contributed by atoms with E-state index in [-0.39, 0.29) is 0 Å². The van der Waals surface area contributed by atoms with Crippen LogP contribution in [0.15, 0.2) is 0 Å². The van der Waals surface area contributed by atoms with Gasteiger partial charge in [-0.25, -0.2) is 0 Å². The molecule has 0 aromatic carbocycles. The molecule has 1 fully saturated rings. The number of rotatable bonds is 5. The summed E-state index contributed by atoms with van der Waals surface area (Å²) in [6, 6.07) is 0. The zero-order valence-electron chi connectivity index (χ0n) is 7.72. The molecule has 0 amide bonds. The van der Waals surface area contributed by atoms with Gasteiger partial charge in [0.05, 0.1) is 6.10 Å². The van der Waals surface area contributed by atoms with Crippen molar-refractivity contribution in [2.45, 2.75) is 31.8 Å². The van der Waals surface area contributed by atoms with Crippen molar-refractivity contribution in [3.05, 3.63) is 0 Å². The Labute approximate surface area is 74.7 Å². The van der Waals surface area contributed by atoms with Crippen LogP contribution < -0.4 is 11.1 Å². The van der Waals surface area contributed by atoms with Crippen molar-refractivity contribution in [3.8, 4) is 0 Å². The molecule has 1 rings (SSSR count). The highest BCUT2D eigenvalue weighted by Crippen LogP contribution is 2.11. The zero-order chi connectivity index (χ0) is 8.65. The Morgan fingerprint density at radius 2 is 2.33 bits per heavy atom. The number of hydrogen-bond acceptors (Lipinski definition) is 3. The second kappa shape index (κ2) is 6.40. The summed E-state index contributed by atoms with van der Waals surface area (Å²) in [5.74, 6) is 0. The van der Waals surface area contributed by atoms with E-state index >= 15 is 0 Å². The predicted molar refractivity (Wildman–Crippen MR) is 50.1 cm³/mol. The standard InChI is InChI=1S/C9H20N2O/c10-5-3-6-11-8-9-4-1-2-7-12-9/h9,11H,1-8,10H2. The molecule has 12 heavy (non-hydrogen) atoms. The fraction of sp³-hybridized carbons (Fsp3) is 1.00. The third-order valence-corrected chi connectivity index (χ3v) is 2.20. The number of nitrogens with one attached hydrogen (secondary N) is 1. The molecule has 1 unspecified atom stereocenters. The number of nitrogens with two attached hydrogens (primary N) is 1. The third kappa shape index (κ3) is 4.04. The minimum atomic E-state index is 0.455. The molecular weight excluding hydrogens is 152 g/mol. The van der Waals surface area contributed by atoms with Crippen LogP contribution in [0.2, 0.25) is 0 Å². The topological polar surface area (TPSA) is 47.3 Å². The number of ether oxygens (including phenoxy) is 1. The summed E-state index contributed by atoms with van der Waals surface area (Å²) in [6.07, 6.45) is 5.29. The molecule has 0 radical (unpaired) electrons. The summed E-state index contributed by atoms with van der Waals surface area (Å²) in [5.41, 5.74) is 5.38. The van der Waals surface area contributed by atoms with Crippen LogP contribution in [0.25, 0.3) is 0 Å². The van der Waals surface area contributed by atoms with E-state index in [0.29, 0.717) is 6.10 Å². The van der Waals surface area contributed by atoms with Gasteiger partial charge in [-0.2, -0.15) is 0 Å². The molecule has 0 bridgehead atoms. The first-order valence-corrected chi connectivity index (χ1v) is 4.96. The molecule has 0 aliphatic carbocycles. The van der Waals surface area contributed by atoms with Crippen LogP contribution in [-0.4, -0.2) is 32.3 Å². The van der Waals surface area contributed by atoms with Crippen LogP contribution in [0.4, 0.5) is 0 Å². The largest absolute Gasteiger partial charge is 0.377 e. The van der Waals surface area contributed by atoms with E-state index in [1.807, 2.05) is 0 Å². The molecule has 0 aromatic heterocycles. The summed E-state index contributed by atoms with van der Waals surface area (Å²) in [4.78, 5) is 0. The highest BCUT2D eigenvalue weighted by atomic mass is 16.5. The smallest absolute Gasteiger partial charge is 0.0699 e. The fourth-order valence-corrected chi connectivity index (χ4v) is 1.46. The summed E-state index contributed by atoms with van der Waals surface area (Å²) in [5, 5.41) is 3.35. The Kier molecular flexibility index (Phi) is 5.32. The van der Waals surface area contributed by atoms with Gasteiger partial charge in [-0.15, -0.1) is 0 Å². The summed E-state index contributed by atoms with van der Waals surface area (Å²) >= 11 is 0. The Morgan fingerprint density at radius 1 is 1.42 bits per heavy atom. The van der Waals surface area contributed by atoms with Gasteiger partial charge in [-0.1, -0.05) is 0 Å². The van der Waals surface area contributed by atoms with E-state index < -0.39 is 0 Å². The maximum Gasteiger partial charge on any atom is 0.0699 e. The number of hydrogen-bond donors (Lipinski definition) is 2. The Bertz CT molecular complexity index is 103. The molecule has 0 aromatic rings.